The molecule has 0 aliphatic heterocycles. The van der Waals surface area contributed by atoms with Gasteiger partial charge < -0.3 is 14.2 Å². The third-order valence-corrected chi connectivity index (χ3v) is 7.23. The molecule has 2 aromatic carbocycles. The van der Waals surface area contributed by atoms with Crippen LogP contribution in [0.15, 0.2) is 79.0 Å². The summed E-state index contributed by atoms with van der Waals surface area (Å²) in [5.41, 5.74) is 4.07. The molecule has 230 valence electrons. The standard InChI is InChI=1S/C37H47NO5/c1-4-5-15-30-16-25-35(38-28-30)31-17-23-34(24-18-31)43-37(40)32-19-21-33(22-20-32)41-26-13-11-9-7-6-8-10-12-14-27-42-36(39)29(2)3/h16-25,28H,2,4-15,26-27H2,1,3H3. The van der Waals surface area contributed by atoms with Gasteiger partial charge in [0, 0.05) is 17.3 Å². The third-order valence-electron chi connectivity index (χ3n) is 7.23. The minimum atomic E-state index is -0.399. The Kier molecular flexibility index (Phi) is 15.1. The number of carbonyl (C=O) groups is 2. The first-order valence-corrected chi connectivity index (χ1v) is 15.8. The molecule has 0 N–H and O–H groups in total. The lowest BCUT2D eigenvalue weighted by molar-refractivity contribution is -0.139. The normalized spacial score (nSPS) is 10.7. The highest BCUT2D eigenvalue weighted by atomic mass is 16.5. The van der Waals surface area contributed by atoms with Crippen LogP contribution in [0.1, 0.15) is 100 Å². The van der Waals surface area contributed by atoms with Gasteiger partial charge in [0.15, 0.2) is 0 Å². The molecular formula is C37H47NO5. The van der Waals surface area contributed by atoms with Crippen molar-refractivity contribution < 1.29 is 23.8 Å². The van der Waals surface area contributed by atoms with Crippen LogP contribution in [0.4, 0.5) is 0 Å². The molecule has 0 fully saturated rings. The minimum absolute atomic E-state index is 0.295. The number of aryl methyl sites for hydroxylation is 1. The molecule has 0 unspecified atom stereocenters. The van der Waals surface area contributed by atoms with Crippen LogP contribution in [0.2, 0.25) is 0 Å². The molecule has 1 heterocycles. The quantitative estimate of drug-likeness (QED) is 0.0569. The van der Waals surface area contributed by atoms with Crippen LogP contribution in [0.3, 0.4) is 0 Å². The van der Waals surface area contributed by atoms with E-state index in [4.69, 9.17) is 14.2 Å². The van der Waals surface area contributed by atoms with Gasteiger partial charge >= 0.3 is 11.9 Å². The number of hydrogen-bond acceptors (Lipinski definition) is 6. The van der Waals surface area contributed by atoms with Crippen molar-refractivity contribution >= 4 is 11.9 Å². The van der Waals surface area contributed by atoms with Gasteiger partial charge in [-0.3, -0.25) is 4.98 Å². The Morgan fingerprint density at radius 1 is 0.721 bits per heavy atom. The molecule has 0 atom stereocenters. The summed E-state index contributed by atoms with van der Waals surface area (Å²) in [5, 5.41) is 0. The van der Waals surface area contributed by atoms with Gasteiger partial charge in [-0.25, -0.2) is 9.59 Å². The van der Waals surface area contributed by atoms with Gasteiger partial charge in [0.05, 0.1) is 24.5 Å². The molecule has 3 aromatic rings. The summed E-state index contributed by atoms with van der Waals surface area (Å²) in [4.78, 5) is 28.5. The monoisotopic (exact) mass is 585 g/mol. The van der Waals surface area contributed by atoms with E-state index in [1.807, 2.05) is 36.5 Å². The molecule has 0 aliphatic rings. The average molecular weight is 586 g/mol. The van der Waals surface area contributed by atoms with Gasteiger partial charge in [-0.05, 0) is 92.8 Å². The molecule has 0 saturated heterocycles. The number of nitrogens with zero attached hydrogens (tertiary/aromatic N) is 1. The Bertz CT molecular complexity index is 1250. The fourth-order valence-corrected chi connectivity index (χ4v) is 4.59. The molecule has 43 heavy (non-hydrogen) atoms. The van der Waals surface area contributed by atoms with Crippen molar-refractivity contribution in [3.63, 3.8) is 0 Å². The van der Waals surface area contributed by atoms with E-state index >= 15 is 0 Å². The van der Waals surface area contributed by atoms with E-state index < -0.39 is 5.97 Å². The van der Waals surface area contributed by atoms with Crippen LogP contribution in [-0.4, -0.2) is 30.1 Å². The molecule has 6 heteroatoms. The number of benzene rings is 2. The zero-order chi connectivity index (χ0) is 30.7. The van der Waals surface area contributed by atoms with Gasteiger partial charge in [-0.2, -0.15) is 0 Å². The summed E-state index contributed by atoms with van der Waals surface area (Å²) in [5.74, 6) is 0.555. The maximum absolute atomic E-state index is 12.6. The number of rotatable bonds is 20. The fraction of sp³-hybridized carbons (Fsp3) is 0.432. The smallest absolute Gasteiger partial charge is 0.343 e. The van der Waals surface area contributed by atoms with Crippen molar-refractivity contribution in [2.45, 2.75) is 90.9 Å². The molecular weight excluding hydrogens is 538 g/mol. The van der Waals surface area contributed by atoms with E-state index in [0.29, 0.717) is 30.1 Å². The summed E-state index contributed by atoms with van der Waals surface area (Å²) >= 11 is 0. The number of ether oxygens (including phenoxy) is 3. The topological polar surface area (TPSA) is 74.7 Å². The SMILES string of the molecule is C=C(C)C(=O)OCCCCCCCCCCCOc1ccc(C(=O)Oc2ccc(-c3ccc(CCCC)cn3)cc2)cc1. The van der Waals surface area contributed by atoms with Crippen LogP contribution >= 0.6 is 0 Å². The number of hydrogen-bond donors (Lipinski definition) is 0. The van der Waals surface area contributed by atoms with Crippen LogP contribution < -0.4 is 9.47 Å². The summed E-state index contributed by atoms with van der Waals surface area (Å²) in [6.07, 6.45) is 15.5. The van der Waals surface area contributed by atoms with Crippen molar-refractivity contribution in [2.24, 2.45) is 0 Å². The largest absolute Gasteiger partial charge is 0.494 e. The summed E-state index contributed by atoms with van der Waals surface area (Å²) in [6, 6.07) is 18.7. The predicted molar refractivity (Wildman–Crippen MR) is 173 cm³/mol. The molecule has 0 saturated carbocycles. The van der Waals surface area contributed by atoms with Gasteiger partial charge in [-0.15, -0.1) is 0 Å². The van der Waals surface area contributed by atoms with Crippen molar-refractivity contribution in [3.8, 4) is 22.8 Å². The zero-order valence-corrected chi connectivity index (χ0v) is 25.9. The van der Waals surface area contributed by atoms with E-state index in [1.165, 1.54) is 50.5 Å². The first-order valence-electron chi connectivity index (χ1n) is 15.8. The number of pyridine rings is 1. The molecule has 6 nitrogen and oxygen atoms in total. The lowest BCUT2D eigenvalue weighted by atomic mass is 10.1. The minimum Gasteiger partial charge on any atom is -0.494 e. The summed E-state index contributed by atoms with van der Waals surface area (Å²) < 4.78 is 16.5. The second-order valence-electron chi connectivity index (χ2n) is 11.0. The second-order valence-corrected chi connectivity index (χ2v) is 11.0. The highest BCUT2D eigenvalue weighted by Crippen LogP contribution is 2.22. The van der Waals surface area contributed by atoms with Crippen molar-refractivity contribution in [1.29, 1.82) is 0 Å². The molecule has 0 aliphatic carbocycles. The number of unbranched alkanes of at least 4 members (excludes halogenated alkanes) is 9. The lowest BCUT2D eigenvalue weighted by Crippen LogP contribution is -2.08. The van der Waals surface area contributed by atoms with E-state index in [0.717, 1.165) is 49.1 Å². The van der Waals surface area contributed by atoms with E-state index in [9.17, 15) is 9.59 Å². The fourth-order valence-electron chi connectivity index (χ4n) is 4.59. The molecule has 3 rings (SSSR count). The van der Waals surface area contributed by atoms with Crippen molar-refractivity contribution in [2.75, 3.05) is 13.2 Å². The Balaban J connectivity index is 1.25. The van der Waals surface area contributed by atoms with E-state index in [-0.39, 0.29) is 5.97 Å². The van der Waals surface area contributed by atoms with Crippen LogP contribution in [0.25, 0.3) is 11.3 Å². The zero-order valence-electron chi connectivity index (χ0n) is 25.9. The van der Waals surface area contributed by atoms with Crippen molar-refractivity contribution in [3.05, 3.63) is 90.1 Å². The van der Waals surface area contributed by atoms with E-state index in [2.05, 4.69) is 24.6 Å². The second kappa shape index (κ2) is 19.3. The lowest BCUT2D eigenvalue weighted by Gasteiger charge is -2.08. The van der Waals surface area contributed by atoms with Gasteiger partial charge in [0.2, 0.25) is 0 Å². The van der Waals surface area contributed by atoms with Crippen LogP contribution in [0.5, 0.6) is 11.5 Å². The molecule has 0 radical (unpaired) electrons. The third kappa shape index (κ3) is 12.9. The first kappa shape index (κ1) is 33.6. The summed E-state index contributed by atoms with van der Waals surface area (Å²) in [7, 11) is 0. The van der Waals surface area contributed by atoms with E-state index in [1.54, 1.807) is 31.2 Å². The maximum Gasteiger partial charge on any atom is 0.343 e. The predicted octanol–water partition coefficient (Wildman–Crippen LogP) is 9.32. The molecule has 0 amide bonds. The Hall–Kier alpha value is -3.93. The number of carbonyl (C=O) groups excluding carboxylic acids is 2. The number of esters is 2. The first-order chi connectivity index (χ1) is 21.0. The van der Waals surface area contributed by atoms with Gasteiger partial charge in [-0.1, -0.05) is 70.9 Å². The number of aromatic nitrogens is 1. The molecule has 1 aromatic heterocycles. The summed E-state index contributed by atoms with van der Waals surface area (Å²) in [6.45, 7) is 8.59. The maximum atomic E-state index is 12.6. The molecule has 0 bridgehead atoms. The Morgan fingerprint density at radius 2 is 1.33 bits per heavy atom. The van der Waals surface area contributed by atoms with Crippen LogP contribution in [-0.2, 0) is 16.0 Å². The Morgan fingerprint density at radius 3 is 1.91 bits per heavy atom. The van der Waals surface area contributed by atoms with Crippen LogP contribution in [0, 0.1) is 0 Å². The average Bonchev–Trinajstić information content (AvgIpc) is 3.03. The Labute approximate surface area is 257 Å². The van der Waals surface area contributed by atoms with Gasteiger partial charge in [0.25, 0.3) is 0 Å². The van der Waals surface area contributed by atoms with Gasteiger partial charge in [0.1, 0.15) is 11.5 Å². The van der Waals surface area contributed by atoms with Crippen molar-refractivity contribution in [1.82, 2.24) is 4.98 Å². The molecule has 0 spiro atoms. The highest BCUT2D eigenvalue weighted by Gasteiger charge is 2.10. The highest BCUT2D eigenvalue weighted by molar-refractivity contribution is 5.91.